The van der Waals surface area contributed by atoms with Gasteiger partial charge in [0.25, 0.3) is 5.91 Å². The molecule has 7 heteroatoms. The molecule has 35 heavy (non-hydrogen) atoms. The second kappa shape index (κ2) is 11.2. The van der Waals surface area contributed by atoms with Gasteiger partial charge in [-0.25, -0.2) is 0 Å². The maximum atomic E-state index is 12.7. The summed E-state index contributed by atoms with van der Waals surface area (Å²) in [6.07, 6.45) is 1.51. The van der Waals surface area contributed by atoms with Crippen LogP contribution in [-0.2, 0) is 11.4 Å². The fourth-order valence-corrected chi connectivity index (χ4v) is 4.56. The lowest BCUT2D eigenvalue weighted by Crippen LogP contribution is -2.13. The lowest BCUT2D eigenvalue weighted by atomic mass is 10.1. The number of nitrogens with one attached hydrogen (secondary N) is 1. The lowest BCUT2D eigenvalue weighted by Gasteiger charge is -2.15. The van der Waals surface area contributed by atoms with E-state index in [-0.39, 0.29) is 5.57 Å². The first-order valence-corrected chi connectivity index (χ1v) is 12.2. The first-order chi connectivity index (χ1) is 17.0. The largest absolute Gasteiger partial charge is 0.493 e. The van der Waals surface area contributed by atoms with Crippen LogP contribution in [0.25, 0.3) is 16.8 Å². The zero-order chi connectivity index (χ0) is 24.8. The van der Waals surface area contributed by atoms with Gasteiger partial charge in [0.15, 0.2) is 11.5 Å². The van der Waals surface area contributed by atoms with E-state index in [0.717, 1.165) is 20.8 Å². The van der Waals surface area contributed by atoms with Crippen molar-refractivity contribution in [3.8, 4) is 17.6 Å². The van der Waals surface area contributed by atoms with Gasteiger partial charge in [0.2, 0.25) is 0 Å². The van der Waals surface area contributed by atoms with E-state index >= 15 is 0 Å². The Balaban J connectivity index is 1.58. The minimum Gasteiger partial charge on any atom is -0.493 e. The Hall–Kier alpha value is -3.60. The molecule has 0 saturated heterocycles. The van der Waals surface area contributed by atoms with Crippen molar-refractivity contribution >= 4 is 60.3 Å². The van der Waals surface area contributed by atoms with Gasteiger partial charge in [-0.2, -0.15) is 5.26 Å². The van der Waals surface area contributed by atoms with Crippen LogP contribution in [0.4, 0.5) is 5.69 Å². The molecule has 0 fully saturated rings. The van der Waals surface area contributed by atoms with Crippen molar-refractivity contribution in [1.82, 2.24) is 0 Å². The highest BCUT2D eigenvalue weighted by atomic mass is 79.9. The van der Waals surface area contributed by atoms with Gasteiger partial charge in [0.1, 0.15) is 18.2 Å². The molecular weight excluding hydrogens is 572 g/mol. The summed E-state index contributed by atoms with van der Waals surface area (Å²) in [6, 6.07) is 26.9. The number of amides is 1. The molecular formula is C28H20Br2N2O3. The maximum absolute atomic E-state index is 12.7. The van der Waals surface area contributed by atoms with Gasteiger partial charge in [0.05, 0.1) is 17.3 Å². The van der Waals surface area contributed by atoms with Crippen LogP contribution in [0.15, 0.2) is 93.4 Å². The number of ether oxygens (including phenoxy) is 2. The minimum atomic E-state index is -0.509. The number of hydrogen-bond donors (Lipinski definition) is 1. The molecule has 0 bridgehead atoms. The lowest BCUT2D eigenvalue weighted by molar-refractivity contribution is -0.112. The molecule has 0 saturated carbocycles. The average Bonchev–Trinajstić information content (AvgIpc) is 2.87. The van der Waals surface area contributed by atoms with Gasteiger partial charge in [-0.15, -0.1) is 0 Å². The number of benzene rings is 4. The van der Waals surface area contributed by atoms with Crippen molar-refractivity contribution in [2.75, 3.05) is 12.4 Å². The second-order valence-corrected chi connectivity index (χ2v) is 9.27. The third-order valence-corrected chi connectivity index (χ3v) is 6.58. The van der Waals surface area contributed by atoms with Crippen molar-refractivity contribution in [2.24, 2.45) is 0 Å². The van der Waals surface area contributed by atoms with Crippen molar-refractivity contribution in [2.45, 2.75) is 6.61 Å². The molecule has 4 aromatic carbocycles. The number of carbonyl (C=O) groups is 1. The maximum Gasteiger partial charge on any atom is 0.266 e. The standard InChI is InChI=1S/C28H20Br2N2O3/c1-34-26-15-18(13-21(16-31)28(33)32-25-12-5-4-11-23(25)29)14-24(30)27(26)35-17-20-9-6-8-19-7-2-3-10-22(19)20/h2-15H,17H2,1H3,(H,32,33)/b21-13+. The van der Waals surface area contributed by atoms with Crippen molar-refractivity contribution in [3.05, 3.63) is 105 Å². The van der Waals surface area contributed by atoms with Crippen molar-refractivity contribution in [1.29, 1.82) is 5.26 Å². The smallest absolute Gasteiger partial charge is 0.266 e. The van der Waals surface area contributed by atoms with Crippen LogP contribution < -0.4 is 14.8 Å². The van der Waals surface area contributed by atoms with E-state index in [1.54, 1.807) is 31.4 Å². The molecule has 0 spiro atoms. The Labute approximate surface area is 220 Å². The van der Waals surface area contributed by atoms with E-state index in [4.69, 9.17) is 9.47 Å². The molecule has 0 heterocycles. The quantitative estimate of drug-likeness (QED) is 0.178. The molecule has 1 N–H and O–H groups in total. The number of nitrogens with zero attached hydrogens (tertiary/aromatic N) is 1. The Kier molecular flexibility index (Phi) is 7.86. The van der Waals surface area contributed by atoms with E-state index in [2.05, 4.69) is 55.4 Å². The third-order valence-electron chi connectivity index (χ3n) is 5.30. The summed E-state index contributed by atoms with van der Waals surface area (Å²) in [7, 11) is 1.55. The molecule has 5 nitrogen and oxygen atoms in total. The topological polar surface area (TPSA) is 71.3 Å². The van der Waals surface area contributed by atoms with E-state index < -0.39 is 5.91 Å². The number of methoxy groups -OCH3 is 1. The normalized spacial score (nSPS) is 11.1. The number of nitriles is 1. The molecule has 174 valence electrons. The molecule has 0 aromatic heterocycles. The zero-order valence-electron chi connectivity index (χ0n) is 18.7. The zero-order valence-corrected chi connectivity index (χ0v) is 21.9. The second-order valence-electron chi connectivity index (χ2n) is 7.56. The summed E-state index contributed by atoms with van der Waals surface area (Å²) >= 11 is 6.94. The Morgan fingerprint density at radius 3 is 2.51 bits per heavy atom. The number of para-hydroxylation sites is 1. The summed E-state index contributed by atoms with van der Waals surface area (Å²) in [5.41, 5.74) is 2.20. The van der Waals surface area contributed by atoms with E-state index in [1.807, 2.05) is 42.5 Å². The van der Waals surface area contributed by atoms with Gasteiger partial charge in [0, 0.05) is 4.47 Å². The number of carbonyl (C=O) groups excluding carboxylic acids is 1. The summed E-state index contributed by atoms with van der Waals surface area (Å²) in [5.74, 6) is 0.508. The fraction of sp³-hybridized carbons (Fsp3) is 0.0714. The first-order valence-electron chi connectivity index (χ1n) is 10.6. The Morgan fingerprint density at radius 2 is 1.74 bits per heavy atom. The van der Waals surface area contributed by atoms with Crippen molar-refractivity contribution in [3.63, 3.8) is 0 Å². The Bertz CT molecular complexity index is 1470. The van der Waals surface area contributed by atoms with Crippen LogP contribution in [0, 0.1) is 11.3 Å². The fourth-order valence-electron chi connectivity index (χ4n) is 3.60. The number of hydrogen-bond acceptors (Lipinski definition) is 4. The van der Waals surface area contributed by atoms with Crippen LogP contribution in [-0.4, -0.2) is 13.0 Å². The highest BCUT2D eigenvalue weighted by Crippen LogP contribution is 2.38. The van der Waals surface area contributed by atoms with Crippen LogP contribution in [0.5, 0.6) is 11.5 Å². The highest BCUT2D eigenvalue weighted by Gasteiger charge is 2.15. The molecule has 0 aliphatic rings. The summed E-state index contributed by atoms with van der Waals surface area (Å²) in [6.45, 7) is 0.351. The van der Waals surface area contributed by atoms with Crippen LogP contribution >= 0.6 is 31.9 Å². The van der Waals surface area contributed by atoms with Crippen molar-refractivity contribution < 1.29 is 14.3 Å². The van der Waals surface area contributed by atoms with E-state index in [0.29, 0.717) is 33.8 Å². The summed E-state index contributed by atoms with van der Waals surface area (Å²) in [5, 5.41) is 14.6. The molecule has 0 radical (unpaired) electrons. The van der Waals surface area contributed by atoms with Crippen LogP contribution in [0.2, 0.25) is 0 Å². The summed E-state index contributed by atoms with van der Waals surface area (Å²) < 4.78 is 13.1. The van der Waals surface area contributed by atoms with E-state index in [1.165, 1.54) is 6.08 Å². The predicted molar refractivity (Wildman–Crippen MR) is 145 cm³/mol. The number of anilines is 1. The molecule has 0 atom stereocenters. The predicted octanol–water partition coefficient (Wildman–Crippen LogP) is 7.50. The van der Waals surface area contributed by atoms with Gasteiger partial charge >= 0.3 is 0 Å². The molecule has 4 aromatic rings. The number of rotatable bonds is 7. The molecule has 1 amide bonds. The Morgan fingerprint density at radius 1 is 1.00 bits per heavy atom. The first kappa shape index (κ1) is 24.5. The average molecular weight is 592 g/mol. The molecule has 0 aliphatic carbocycles. The van der Waals surface area contributed by atoms with Gasteiger partial charge < -0.3 is 14.8 Å². The SMILES string of the molecule is COc1cc(/C=C(\C#N)C(=O)Nc2ccccc2Br)cc(Br)c1OCc1cccc2ccccc12. The van der Waals surface area contributed by atoms with Gasteiger partial charge in [-0.1, -0.05) is 54.6 Å². The molecule has 4 rings (SSSR count). The van der Waals surface area contributed by atoms with Crippen LogP contribution in [0.1, 0.15) is 11.1 Å². The highest BCUT2D eigenvalue weighted by molar-refractivity contribution is 9.11. The van der Waals surface area contributed by atoms with Gasteiger partial charge in [-0.05, 0) is 84.1 Å². The third kappa shape index (κ3) is 5.73. The molecule has 0 unspecified atom stereocenters. The number of fused-ring (bicyclic) bond motifs is 1. The van der Waals surface area contributed by atoms with E-state index in [9.17, 15) is 10.1 Å². The monoisotopic (exact) mass is 590 g/mol. The van der Waals surface area contributed by atoms with Crippen LogP contribution in [0.3, 0.4) is 0 Å². The van der Waals surface area contributed by atoms with Gasteiger partial charge in [-0.3, -0.25) is 4.79 Å². The molecule has 0 aliphatic heterocycles. The number of halogens is 2. The minimum absolute atomic E-state index is 0.0425. The summed E-state index contributed by atoms with van der Waals surface area (Å²) in [4.78, 5) is 12.7.